The molecule has 2 aromatic carbocycles. The van der Waals surface area contributed by atoms with Gasteiger partial charge < -0.3 is 10.1 Å². The highest BCUT2D eigenvalue weighted by Crippen LogP contribution is 2.30. The van der Waals surface area contributed by atoms with E-state index in [2.05, 4.69) is 61.3 Å². The Labute approximate surface area is 162 Å². The van der Waals surface area contributed by atoms with Crippen molar-refractivity contribution in [1.29, 1.82) is 0 Å². The number of ether oxygens (including phenoxy) is 1. The maximum Gasteiger partial charge on any atom is 0.238 e. The second-order valence-electron chi connectivity index (χ2n) is 7.73. The molecule has 0 spiro atoms. The number of aryl methyl sites for hydroxylation is 1. The molecule has 0 heterocycles. The third-order valence-electron chi connectivity index (χ3n) is 5.15. The number of hydrogen-bond acceptors (Lipinski definition) is 3. The average Bonchev–Trinajstić information content (AvgIpc) is 3.48. The molecule has 1 amide bonds. The minimum atomic E-state index is 0.0617. The summed E-state index contributed by atoms with van der Waals surface area (Å²) in [6, 6.07) is 14.8. The molecule has 144 valence electrons. The van der Waals surface area contributed by atoms with Gasteiger partial charge in [0.1, 0.15) is 5.75 Å². The summed E-state index contributed by atoms with van der Waals surface area (Å²) in [5.74, 6) is 1.29. The zero-order valence-electron chi connectivity index (χ0n) is 16.8. The van der Waals surface area contributed by atoms with Gasteiger partial charge in [0, 0.05) is 18.3 Å². The van der Waals surface area contributed by atoms with Crippen molar-refractivity contribution in [3.05, 3.63) is 59.2 Å². The third kappa shape index (κ3) is 5.10. The maximum absolute atomic E-state index is 12.8. The molecule has 1 N–H and O–H groups in total. The lowest BCUT2D eigenvalue weighted by Crippen LogP contribution is -2.34. The molecule has 0 atom stereocenters. The van der Waals surface area contributed by atoms with Crippen molar-refractivity contribution in [3.63, 3.8) is 0 Å². The molecular formula is C23H30N2O2. The second-order valence-corrected chi connectivity index (χ2v) is 7.73. The zero-order chi connectivity index (χ0) is 19.4. The van der Waals surface area contributed by atoms with Gasteiger partial charge in [-0.05, 0) is 54.5 Å². The Morgan fingerprint density at radius 3 is 2.48 bits per heavy atom. The van der Waals surface area contributed by atoms with Crippen LogP contribution in [0.5, 0.6) is 5.75 Å². The molecule has 0 radical (unpaired) electrons. The summed E-state index contributed by atoms with van der Waals surface area (Å²) in [5.41, 5.74) is 4.48. The van der Waals surface area contributed by atoms with Gasteiger partial charge in [-0.1, -0.05) is 44.2 Å². The minimum absolute atomic E-state index is 0.0617. The van der Waals surface area contributed by atoms with E-state index >= 15 is 0 Å². The SMILES string of the molecule is COc1ccc(CN(CC(=O)Nc2c(C)cccc2C(C)C)C2CC2)cc1. The van der Waals surface area contributed by atoms with Crippen LogP contribution in [0.2, 0.25) is 0 Å². The van der Waals surface area contributed by atoms with E-state index in [1.54, 1.807) is 7.11 Å². The third-order valence-corrected chi connectivity index (χ3v) is 5.15. The number of anilines is 1. The van der Waals surface area contributed by atoms with E-state index in [9.17, 15) is 4.79 Å². The molecular weight excluding hydrogens is 336 g/mol. The molecule has 0 aliphatic heterocycles. The highest BCUT2D eigenvalue weighted by molar-refractivity contribution is 5.94. The van der Waals surface area contributed by atoms with E-state index in [1.807, 2.05) is 12.1 Å². The maximum atomic E-state index is 12.8. The first-order valence-electron chi connectivity index (χ1n) is 9.74. The minimum Gasteiger partial charge on any atom is -0.497 e. The van der Waals surface area contributed by atoms with Crippen LogP contribution in [0.4, 0.5) is 5.69 Å². The number of hydrogen-bond donors (Lipinski definition) is 1. The molecule has 0 unspecified atom stereocenters. The number of nitrogens with one attached hydrogen (secondary N) is 1. The van der Waals surface area contributed by atoms with Crippen LogP contribution in [0.15, 0.2) is 42.5 Å². The number of nitrogens with zero attached hydrogens (tertiary/aromatic N) is 1. The largest absolute Gasteiger partial charge is 0.497 e. The molecule has 0 aromatic heterocycles. The Bertz CT molecular complexity index is 779. The predicted octanol–water partition coefficient (Wildman–Crippen LogP) is 4.73. The first-order valence-corrected chi connectivity index (χ1v) is 9.74. The monoisotopic (exact) mass is 366 g/mol. The summed E-state index contributed by atoms with van der Waals surface area (Å²) < 4.78 is 5.23. The standard InChI is InChI=1S/C23H30N2O2/c1-16(2)21-7-5-6-17(3)23(21)24-22(26)15-25(19-10-11-19)14-18-8-12-20(27-4)13-9-18/h5-9,12-13,16,19H,10-11,14-15H2,1-4H3,(H,24,26). The van der Waals surface area contributed by atoms with Gasteiger partial charge in [0.2, 0.25) is 5.91 Å². The fraction of sp³-hybridized carbons (Fsp3) is 0.435. The summed E-state index contributed by atoms with van der Waals surface area (Å²) in [7, 11) is 1.67. The van der Waals surface area contributed by atoms with Gasteiger partial charge in [0.05, 0.1) is 13.7 Å². The van der Waals surface area contributed by atoms with Crippen LogP contribution in [0.3, 0.4) is 0 Å². The molecule has 1 aliphatic carbocycles. The van der Waals surface area contributed by atoms with Gasteiger partial charge in [-0.3, -0.25) is 9.69 Å². The Morgan fingerprint density at radius 2 is 1.89 bits per heavy atom. The Balaban J connectivity index is 1.67. The summed E-state index contributed by atoms with van der Waals surface area (Å²) >= 11 is 0. The normalized spacial score (nSPS) is 13.9. The van der Waals surface area contributed by atoms with Crippen LogP contribution in [0.1, 0.15) is 49.3 Å². The lowest BCUT2D eigenvalue weighted by Gasteiger charge is -2.23. The van der Waals surface area contributed by atoms with E-state index in [0.29, 0.717) is 18.5 Å². The average molecular weight is 367 g/mol. The summed E-state index contributed by atoms with van der Waals surface area (Å²) in [6.07, 6.45) is 2.34. The predicted molar refractivity (Wildman–Crippen MR) is 110 cm³/mol. The van der Waals surface area contributed by atoms with E-state index in [0.717, 1.165) is 23.5 Å². The Hall–Kier alpha value is -2.33. The first kappa shape index (κ1) is 19.4. The molecule has 1 saturated carbocycles. The van der Waals surface area contributed by atoms with Crippen molar-refractivity contribution in [1.82, 2.24) is 4.90 Å². The van der Waals surface area contributed by atoms with Gasteiger partial charge >= 0.3 is 0 Å². The van der Waals surface area contributed by atoms with E-state index in [1.165, 1.54) is 24.0 Å². The molecule has 1 aliphatic rings. The lowest BCUT2D eigenvalue weighted by atomic mass is 9.98. The van der Waals surface area contributed by atoms with Crippen LogP contribution in [-0.4, -0.2) is 30.5 Å². The van der Waals surface area contributed by atoms with Gasteiger partial charge in [0.25, 0.3) is 0 Å². The number of carbonyl (C=O) groups is 1. The van der Waals surface area contributed by atoms with Crippen LogP contribution in [-0.2, 0) is 11.3 Å². The van der Waals surface area contributed by atoms with Gasteiger partial charge in [-0.15, -0.1) is 0 Å². The van der Waals surface area contributed by atoms with Crippen LogP contribution >= 0.6 is 0 Å². The second kappa shape index (κ2) is 8.57. The molecule has 2 aromatic rings. The summed E-state index contributed by atoms with van der Waals surface area (Å²) in [4.78, 5) is 15.1. The molecule has 4 heteroatoms. The highest BCUT2D eigenvalue weighted by atomic mass is 16.5. The molecule has 3 rings (SSSR count). The number of methoxy groups -OCH3 is 1. The zero-order valence-corrected chi connectivity index (χ0v) is 16.8. The van der Waals surface area contributed by atoms with E-state index in [-0.39, 0.29) is 5.91 Å². The fourth-order valence-electron chi connectivity index (χ4n) is 3.42. The van der Waals surface area contributed by atoms with Crippen molar-refractivity contribution < 1.29 is 9.53 Å². The Kier molecular flexibility index (Phi) is 6.17. The van der Waals surface area contributed by atoms with Crippen molar-refractivity contribution in [2.45, 2.75) is 52.1 Å². The van der Waals surface area contributed by atoms with Crippen molar-refractivity contribution in [2.24, 2.45) is 0 Å². The van der Waals surface area contributed by atoms with Gasteiger partial charge in [0.15, 0.2) is 0 Å². The number of benzene rings is 2. The summed E-state index contributed by atoms with van der Waals surface area (Å²) in [5, 5.41) is 3.18. The van der Waals surface area contributed by atoms with E-state index in [4.69, 9.17) is 4.74 Å². The molecule has 4 nitrogen and oxygen atoms in total. The Morgan fingerprint density at radius 1 is 1.19 bits per heavy atom. The number of carbonyl (C=O) groups excluding carboxylic acids is 1. The molecule has 0 saturated heterocycles. The fourth-order valence-corrected chi connectivity index (χ4v) is 3.42. The van der Waals surface area contributed by atoms with E-state index < -0.39 is 0 Å². The lowest BCUT2D eigenvalue weighted by molar-refractivity contribution is -0.117. The quantitative estimate of drug-likeness (QED) is 0.734. The topological polar surface area (TPSA) is 41.6 Å². The highest BCUT2D eigenvalue weighted by Gasteiger charge is 2.30. The van der Waals surface area contributed by atoms with Gasteiger partial charge in [-0.2, -0.15) is 0 Å². The summed E-state index contributed by atoms with van der Waals surface area (Å²) in [6.45, 7) is 7.57. The van der Waals surface area contributed by atoms with Crippen LogP contribution < -0.4 is 10.1 Å². The van der Waals surface area contributed by atoms with Crippen molar-refractivity contribution >= 4 is 11.6 Å². The van der Waals surface area contributed by atoms with Gasteiger partial charge in [-0.25, -0.2) is 0 Å². The number of rotatable bonds is 8. The first-order chi connectivity index (χ1) is 13.0. The number of amides is 1. The molecule has 27 heavy (non-hydrogen) atoms. The van der Waals surface area contributed by atoms with Crippen molar-refractivity contribution in [3.8, 4) is 5.75 Å². The van der Waals surface area contributed by atoms with Crippen molar-refractivity contribution in [2.75, 3.05) is 19.0 Å². The molecule has 1 fully saturated rings. The van der Waals surface area contributed by atoms with Crippen LogP contribution in [0.25, 0.3) is 0 Å². The smallest absolute Gasteiger partial charge is 0.238 e. The van der Waals surface area contributed by atoms with Crippen LogP contribution in [0, 0.1) is 6.92 Å². The number of para-hydroxylation sites is 1. The molecule has 0 bridgehead atoms.